The van der Waals surface area contributed by atoms with Crippen molar-refractivity contribution >= 4 is 11.5 Å². The van der Waals surface area contributed by atoms with Gasteiger partial charge in [-0.25, -0.2) is 8.78 Å². The summed E-state index contributed by atoms with van der Waals surface area (Å²) in [7, 11) is 0. The molecule has 1 heterocycles. The first-order valence-electron chi connectivity index (χ1n) is 6.45. The molecule has 0 bridgehead atoms. The fourth-order valence-corrected chi connectivity index (χ4v) is 2.51. The van der Waals surface area contributed by atoms with Crippen molar-refractivity contribution in [3.05, 3.63) is 65.2 Å². The summed E-state index contributed by atoms with van der Waals surface area (Å²) in [6.45, 7) is 0.819. The third-order valence-electron chi connectivity index (χ3n) is 3.52. The summed E-state index contributed by atoms with van der Waals surface area (Å²) in [5.74, 6) is -0.904. The Hall–Kier alpha value is -2.23. The number of carbonyl (C=O) groups is 1. The number of Topliss-reactive ketones (excluding diaryl/α,β-unsaturated/α-hetero) is 1. The van der Waals surface area contributed by atoms with Gasteiger partial charge in [0.15, 0.2) is 5.78 Å². The highest BCUT2D eigenvalue weighted by atomic mass is 19.1. The van der Waals surface area contributed by atoms with Crippen LogP contribution in [0.4, 0.5) is 14.5 Å². The summed E-state index contributed by atoms with van der Waals surface area (Å²) in [6.07, 6.45) is 0.798. The zero-order valence-corrected chi connectivity index (χ0v) is 10.8. The summed E-state index contributed by atoms with van der Waals surface area (Å²) in [4.78, 5) is 14.0. The van der Waals surface area contributed by atoms with Crippen LogP contribution in [0.3, 0.4) is 0 Å². The van der Waals surface area contributed by atoms with Crippen LogP contribution in [0, 0.1) is 11.6 Å². The van der Waals surface area contributed by atoms with Gasteiger partial charge in [0.05, 0.1) is 6.54 Å². The lowest BCUT2D eigenvalue weighted by atomic mass is 10.1. The minimum Gasteiger partial charge on any atom is -0.363 e. The van der Waals surface area contributed by atoms with Crippen LogP contribution >= 0.6 is 0 Å². The van der Waals surface area contributed by atoms with E-state index >= 15 is 0 Å². The number of benzene rings is 2. The molecule has 1 aliphatic heterocycles. The molecule has 2 nitrogen and oxygen atoms in total. The zero-order valence-electron chi connectivity index (χ0n) is 10.8. The summed E-state index contributed by atoms with van der Waals surface area (Å²) in [5.41, 5.74) is 2.14. The monoisotopic (exact) mass is 273 g/mol. The molecule has 0 N–H and O–H groups in total. The quantitative estimate of drug-likeness (QED) is 0.800. The molecule has 20 heavy (non-hydrogen) atoms. The average molecular weight is 273 g/mol. The number of anilines is 1. The van der Waals surface area contributed by atoms with E-state index in [1.807, 2.05) is 4.90 Å². The van der Waals surface area contributed by atoms with E-state index in [0.717, 1.165) is 17.7 Å². The average Bonchev–Trinajstić information content (AvgIpc) is 2.81. The summed E-state index contributed by atoms with van der Waals surface area (Å²) < 4.78 is 26.4. The standard InChI is InChI=1S/C16H13F2NO/c17-13-3-1-2-12(8-13)16(20)10-19-7-6-11-4-5-14(18)9-15(11)19/h1-5,8-9H,6-7,10H2. The maximum atomic E-state index is 13.3. The van der Waals surface area contributed by atoms with Crippen molar-refractivity contribution in [2.75, 3.05) is 18.0 Å². The summed E-state index contributed by atoms with van der Waals surface area (Å²) in [6, 6.07) is 10.3. The maximum Gasteiger partial charge on any atom is 0.182 e. The lowest BCUT2D eigenvalue weighted by molar-refractivity contribution is 0.0999. The summed E-state index contributed by atoms with van der Waals surface area (Å²) in [5, 5.41) is 0. The molecule has 0 saturated heterocycles. The van der Waals surface area contributed by atoms with Crippen LogP contribution in [-0.2, 0) is 6.42 Å². The Morgan fingerprint density at radius 1 is 1.10 bits per heavy atom. The predicted octanol–water partition coefficient (Wildman–Crippen LogP) is 3.21. The van der Waals surface area contributed by atoms with E-state index in [1.54, 1.807) is 12.1 Å². The molecule has 0 spiro atoms. The van der Waals surface area contributed by atoms with Crippen molar-refractivity contribution in [2.45, 2.75) is 6.42 Å². The minimum absolute atomic E-state index is 0.139. The Morgan fingerprint density at radius 2 is 1.90 bits per heavy atom. The van der Waals surface area contributed by atoms with Crippen molar-refractivity contribution < 1.29 is 13.6 Å². The molecular formula is C16H13F2NO. The number of carbonyl (C=O) groups excluding carboxylic acids is 1. The number of rotatable bonds is 3. The number of ketones is 1. The number of hydrogen-bond donors (Lipinski definition) is 0. The first-order chi connectivity index (χ1) is 9.63. The molecule has 0 atom stereocenters. The number of nitrogens with zero attached hydrogens (tertiary/aromatic N) is 1. The second-order valence-corrected chi connectivity index (χ2v) is 4.88. The zero-order chi connectivity index (χ0) is 14.1. The van der Waals surface area contributed by atoms with Gasteiger partial charge in [-0.1, -0.05) is 18.2 Å². The molecule has 4 heteroatoms. The van der Waals surface area contributed by atoms with Crippen LogP contribution in [0.5, 0.6) is 0 Å². The number of fused-ring (bicyclic) bond motifs is 1. The molecule has 2 aromatic carbocycles. The van der Waals surface area contributed by atoms with E-state index in [1.165, 1.54) is 30.3 Å². The number of halogens is 2. The van der Waals surface area contributed by atoms with Crippen LogP contribution in [0.1, 0.15) is 15.9 Å². The molecule has 2 aromatic rings. The van der Waals surface area contributed by atoms with Crippen molar-refractivity contribution in [1.82, 2.24) is 0 Å². The van der Waals surface area contributed by atoms with Crippen molar-refractivity contribution in [3.8, 4) is 0 Å². The molecule has 102 valence electrons. The second kappa shape index (κ2) is 5.04. The molecule has 1 aliphatic rings. The van der Waals surface area contributed by atoms with E-state index in [2.05, 4.69) is 0 Å². The van der Waals surface area contributed by atoms with E-state index < -0.39 is 5.82 Å². The van der Waals surface area contributed by atoms with Gasteiger partial charge in [-0.3, -0.25) is 4.79 Å². The van der Waals surface area contributed by atoms with Gasteiger partial charge in [0.2, 0.25) is 0 Å². The van der Waals surface area contributed by atoms with E-state index in [9.17, 15) is 13.6 Å². The van der Waals surface area contributed by atoms with Crippen LogP contribution in [-0.4, -0.2) is 18.9 Å². The van der Waals surface area contributed by atoms with Gasteiger partial charge in [-0.15, -0.1) is 0 Å². The smallest absolute Gasteiger partial charge is 0.182 e. The lowest BCUT2D eigenvalue weighted by Crippen LogP contribution is -2.28. The van der Waals surface area contributed by atoms with Crippen LogP contribution in [0.15, 0.2) is 42.5 Å². The second-order valence-electron chi connectivity index (χ2n) is 4.88. The van der Waals surface area contributed by atoms with Gasteiger partial charge in [-0.05, 0) is 36.2 Å². The molecule has 0 saturated carbocycles. The number of hydrogen-bond acceptors (Lipinski definition) is 2. The van der Waals surface area contributed by atoms with Crippen molar-refractivity contribution in [2.24, 2.45) is 0 Å². The fourth-order valence-electron chi connectivity index (χ4n) is 2.51. The van der Waals surface area contributed by atoms with Gasteiger partial charge in [0, 0.05) is 17.8 Å². The van der Waals surface area contributed by atoms with E-state index in [-0.39, 0.29) is 18.1 Å². The van der Waals surface area contributed by atoms with Gasteiger partial charge < -0.3 is 4.90 Å². The molecule has 0 amide bonds. The van der Waals surface area contributed by atoms with Crippen LogP contribution in [0.25, 0.3) is 0 Å². The molecule has 3 rings (SSSR count). The lowest BCUT2D eigenvalue weighted by Gasteiger charge is -2.18. The SMILES string of the molecule is O=C(CN1CCc2ccc(F)cc21)c1cccc(F)c1. The third kappa shape index (κ3) is 2.41. The van der Waals surface area contributed by atoms with Crippen LogP contribution < -0.4 is 4.90 Å². The Bertz CT molecular complexity index is 669. The van der Waals surface area contributed by atoms with Crippen molar-refractivity contribution in [3.63, 3.8) is 0 Å². The molecule has 0 radical (unpaired) electrons. The Kier molecular flexibility index (Phi) is 3.22. The van der Waals surface area contributed by atoms with Gasteiger partial charge in [-0.2, -0.15) is 0 Å². The first-order valence-corrected chi connectivity index (χ1v) is 6.45. The molecule has 0 aliphatic carbocycles. The maximum absolute atomic E-state index is 13.3. The summed E-state index contributed by atoms with van der Waals surface area (Å²) >= 11 is 0. The van der Waals surface area contributed by atoms with Crippen molar-refractivity contribution in [1.29, 1.82) is 0 Å². The minimum atomic E-state index is -0.427. The molecule has 0 aromatic heterocycles. The largest absolute Gasteiger partial charge is 0.363 e. The molecule has 0 unspecified atom stereocenters. The van der Waals surface area contributed by atoms with Gasteiger partial charge >= 0.3 is 0 Å². The third-order valence-corrected chi connectivity index (χ3v) is 3.52. The molecular weight excluding hydrogens is 260 g/mol. The van der Waals surface area contributed by atoms with E-state index in [4.69, 9.17) is 0 Å². The predicted molar refractivity (Wildman–Crippen MR) is 73.0 cm³/mol. The van der Waals surface area contributed by atoms with E-state index in [0.29, 0.717) is 12.1 Å². The highest BCUT2D eigenvalue weighted by molar-refractivity contribution is 5.99. The van der Waals surface area contributed by atoms with Gasteiger partial charge in [0.25, 0.3) is 0 Å². The Labute approximate surface area is 115 Å². The normalized spacial score (nSPS) is 13.4. The highest BCUT2D eigenvalue weighted by Crippen LogP contribution is 2.28. The topological polar surface area (TPSA) is 20.3 Å². The Morgan fingerprint density at radius 3 is 2.70 bits per heavy atom. The highest BCUT2D eigenvalue weighted by Gasteiger charge is 2.22. The fraction of sp³-hybridized carbons (Fsp3) is 0.188. The Balaban J connectivity index is 1.80. The van der Waals surface area contributed by atoms with Crippen LogP contribution in [0.2, 0.25) is 0 Å². The first kappa shape index (κ1) is 12.8. The molecule has 0 fully saturated rings. The van der Waals surface area contributed by atoms with Gasteiger partial charge in [0.1, 0.15) is 11.6 Å².